The highest BCUT2D eigenvalue weighted by Crippen LogP contribution is 2.14. The molecule has 2 amide bonds. The Morgan fingerprint density at radius 3 is 2.44 bits per heavy atom. The van der Waals surface area contributed by atoms with Crippen molar-refractivity contribution in [1.29, 1.82) is 0 Å². The topological polar surface area (TPSA) is 114 Å². The first-order valence-electron chi connectivity index (χ1n) is 11.1. The molecule has 1 heterocycles. The number of hydrogen-bond donors (Lipinski definition) is 2. The molecule has 34 heavy (non-hydrogen) atoms. The zero-order valence-corrected chi connectivity index (χ0v) is 20.3. The van der Waals surface area contributed by atoms with Crippen LogP contribution in [0.3, 0.4) is 0 Å². The van der Waals surface area contributed by atoms with Crippen molar-refractivity contribution in [2.75, 3.05) is 33.4 Å². The lowest BCUT2D eigenvalue weighted by Crippen LogP contribution is -2.47. The summed E-state index contributed by atoms with van der Waals surface area (Å²) in [5, 5.41) is 2.80. The summed E-state index contributed by atoms with van der Waals surface area (Å²) in [6.45, 7) is 2.34. The lowest BCUT2D eigenvalue weighted by atomic mass is 10.2. The van der Waals surface area contributed by atoms with E-state index in [1.807, 2.05) is 19.1 Å². The first-order valence-corrected chi connectivity index (χ1v) is 12.6. The fourth-order valence-corrected chi connectivity index (χ4v) is 4.51. The molecule has 2 aromatic rings. The van der Waals surface area contributed by atoms with Gasteiger partial charge in [0, 0.05) is 19.7 Å². The third kappa shape index (κ3) is 7.54. The predicted molar refractivity (Wildman–Crippen MR) is 127 cm³/mol. The molecule has 2 N–H and O–H groups in total. The molecule has 3 rings (SSSR count). The summed E-state index contributed by atoms with van der Waals surface area (Å²) >= 11 is 0. The fraction of sp³-hybridized carbons (Fsp3) is 0.417. The van der Waals surface area contributed by atoms with Gasteiger partial charge < -0.3 is 19.7 Å². The summed E-state index contributed by atoms with van der Waals surface area (Å²) in [6.07, 6.45) is 1.50. The van der Waals surface area contributed by atoms with Crippen LogP contribution in [0.4, 0.5) is 0 Å². The van der Waals surface area contributed by atoms with E-state index in [1.165, 1.54) is 17.0 Å². The van der Waals surface area contributed by atoms with Crippen molar-refractivity contribution in [2.24, 2.45) is 0 Å². The number of benzene rings is 2. The van der Waals surface area contributed by atoms with Crippen LogP contribution >= 0.6 is 0 Å². The van der Waals surface area contributed by atoms with Crippen molar-refractivity contribution < 1.29 is 27.5 Å². The number of rotatable bonds is 11. The Labute approximate surface area is 200 Å². The number of nitrogens with zero attached hydrogens (tertiary/aromatic N) is 1. The Bertz CT molecular complexity index is 1060. The maximum atomic E-state index is 12.9. The van der Waals surface area contributed by atoms with Crippen molar-refractivity contribution >= 4 is 21.8 Å². The lowest BCUT2D eigenvalue weighted by molar-refractivity contribution is -0.136. The van der Waals surface area contributed by atoms with E-state index in [0.29, 0.717) is 13.2 Å². The Balaban J connectivity index is 1.59. The minimum absolute atomic E-state index is 0.0776. The zero-order chi connectivity index (χ0) is 24.6. The lowest BCUT2D eigenvalue weighted by Gasteiger charge is -2.25. The van der Waals surface area contributed by atoms with Gasteiger partial charge >= 0.3 is 0 Å². The number of sulfonamides is 1. The van der Waals surface area contributed by atoms with Crippen molar-refractivity contribution in [3.63, 3.8) is 0 Å². The highest BCUT2D eigenvalue weighted by Gasteiger charge is 2.25. The second kappa shape index (κ2) is 12.0. The van der Waals surface area contributed by atoms with Gasteiger partial charge in [0.15, 0.2) is 0 Å². The number of carbonyl (C=O) groups excluding carboxylic acids is 2. The van der Waals surface area contributed by atoms with Gasteiger partial charge in [0.2, 0.25) is 21.8 Å². The molecule has 0 aliphatic carbocycles. The Morgan fingerprint density at radius 2 is 1.82 bits per heavy atom. The van der Waals surface area contributed by atoms with E-state index in [0.717, 1.165) is 29.7 Å². The highest BCUT2D eigenvalue weighted by molar-refractivity contribution is 7.89. The molecule has 1 saturated heterocycles. The number of ether oxygens (including phenoxy) is 2. The summed E-state index contributed by atoms with van der Waals surface area (Å²) < 4.78 is 38.2. The minimum Gasteiger partial charge on any atom is -0.497 e. The van der Waals surface area contributed by atoms with Crippen LogP contribution in [-0.2, 0) is 30.9 Å². The number of carbonyl (C=O) groups is 2. The van der Waals surface area contributed by atoms with Crippen LogP contribution in [0.15, 0.2) is 53.4 Å². The normalized spacial score (nSPS) is 15.6. The molecule has 10 heteroatoms. The van der Waals surface area contributed by atoms with Gasteiger partial charge in [-0.2, -0.15) is 0 Å². The largest absolute Gasteiger partial charge is 0.497 e. The Kier molecular flexibility index (Phi) is 9.03. The predicted octanol–water partition coefficient (Wildman–Crippen LogP) is 1.61. The van der Waals surface area contributed by atoms with Gasteiger partial charge in [0.25, 0.3) is 0 Å². The third-order valence-electron chi connectivity index (χ3n) is 5.53. The molecule has 1 atom stereocenters. The summed E-state index contributed by atoms with van der Waals surface area (Å²) in [6, 6.07) is 13.6. The van der Waals surface area contributed by atoms with Gasteiger partial charge in [-0.1, -0.05) is 29.8 Å². The molecule has 1 fully saturated rings. The molecule has 0 saturated carbocycles. The fourth-order valence-electron chi connectivity index (χ4n) is 3.53. The molecule has 0 bridgehead atoms. The van der Waals surface area contributed by atoms with Gasteiger partial charge in [-0.15, -0.1) is 0 Å². The molecule has 0 radical (unpaired) electrons. The van der Waals surface area contributed by atoms with Crippen molar-refractivity contribution in [1.82, 2.24) is 14.9 Å². The first-order chi connectivity index (χ1) is 16.3. The van der Waals surface area contributed by atoms with Gasteiger partial charge in [-0.05, 0) is 49.6 Å². The van der Waals surface area contributed by atoms with Gasteiger partial charge in [-0.25, -0.2) is 13.1 Å². The van der Waals surface area contributed by atoms with Gasteiger partial charge in [-0.3, -0.25) is 9.59 Å². The average Bonchev–Trinajstić information content (AvgIpc) is 3.34. The second-order valence-electron chi connectivity index (χ2n) is 8.17. The van der Waals surface area contributed by atoms with Crippen LogP contribution in [0.1, 0.15) is 24.0 Å². The van der Waals surface area contributed by atoms with Gasteiger partial charge in [0.1, 0.15) is 5.75 Å². The zero-order valence-electron chi connectivity index (χ0n) is 19.5. The van der Waals surface area contributed by atoms with Crippen molar-refractivity contribution in [2.45, 2.75) is 37.3 Å². The average molecular weight is 490 g/mol. The molecule has 184 valence electrons. The smallest absolute Gasteiger partial charge is 0.241 e. The number of methoxy groups -OCH3 is 1. The molecule has 0 spiro atoms. The quantitative estimate of drug-likeness (QED) is 0.496. The molecular weight excluding hydrogens is 458 g/mol. The summed E-state index contributed by atoms with van der Waals surface area (Å²) in [5.74, 6) is -0.120. The number of aryl methyl sites for hydroxylation is 1. The van der Waals surface area contributed by atoms with E-state index in [2.05, 4.69) is 10.0 Å². The van der Waals surface area contributed by atoms with Crippen LogP contribution in [0.2, 0.25) is 0 Å². The van der Waals surface area contributed by atoms with Crippen molar-refractivity contribution in [3.8, 4) is 5.75 Å². The van der Waals surface area contributed by atoms with Crippen LogP contribution < -0.4 is 14.8 Å². The highest BCUT2D eigenvalue weighted by atomic mass is 32.2. The summed E-state index contributed by atoms with van der Waals surface area (Å²) in [4.78, 5) is 26.9. The standard InChI is InChI=1S/C24H31N3O6S/c1-18-5-11-22(12-6-18)34(30,31)26-15-24(29)27(16-21-4-3-13-33-21)17-23(28)25-14-19-7-9-20(32-2)10-8-19/h5-12,21,26H,3-4,13-17H2,1-2H3,(H,25,28)/t21-/m0/s1. The molecule has 1 aliphatic rings. The van der Waals surface area contributed by atoms with E-state index in [1.54, 1.807) is 31.4 Å². The summed E-state index contributed by atoms with van der Waals surface area (Å²) in [5.41, 5.74) is 1.82. The Morgan fingerprint density at radius 1 is 1.12 bits per heavy atom. The molecule has 1 aliphatic heterocycles. The first kappa shape index (κ1) is 25.7. The van der Waals surface area contributed by atoms with Gasteiger partial charge in [0.05, 0.1) is 31.2 Å². The maximum absolute atomic E-state index is 12.9. The summed E-state index contributed by atoms with van der Waals surface area (Å²) in [7, 11) is -2.27. The molecular formula is C24H31N3O6S. The van der Waals surface area contributed by atoms with E-state index in [-0.39, 0.29) is 30.0 Å². The Hall–Kier alpha value is -2.95. The SMILES string of the molecule is COc1ccc(CNC(=O)CN(C[C@@H]2CCCO2)C(=O)CNS(=O)(=O)c2ccc(C)cc2)cc1. The van der Waals surface area contributed by atoms with E-state index < -0.39 is 22.5 Å². The number of nitrogens with one attached hydrogen (secondary N) is 2. The second-order valence-corrected chi connectivity index (χ2v) is 9.94. The van der Waals surface area contributed by atoms with E-state index in [4.69, 9.17) is 9.47 Å². The van der Waals surface area contributed by atoms with E-state index >= 15 is 0 Å². The van der Waals surface area contributed by atoms with E-state index in [9.17, 15) is 18.0 Å². The van der Waals surface area contributed by atoms with Crippen LogP contribution in [0.25, 0.3) is 0 Å². The number of amides is 2. The maximum Gasteiger partial charge on any atom is 0.241 e. The number of hydrogen-bond acceptors (Lipinski definition) is 6. The molecule has 0 aromatic heterocycles. The monoisotopic (exact) mass is 489 g/mol. The van der Waals surface area contributed by atoms with Crippen LogP contribution in [0, 0.1) is 6.92 Å². The third-order valence-corrected chi connectivity index (χ3v) is 6.95. The minimum atomic E-state index is -3.85. The van der Waals surface area contributed by atoms with Crippen LogP contribution in [-0.4, -0.2) is 64.6 Å². The van der Waals surface area contributed by atoms with Crippen LogP contribution in [0.5, 0.6) is 5.75 Å². The molecule has 2 aromatic carbocycles. The van der Waals surface area contributed by atoms with Crippen molar-refractivity contribution in [3.05, 3.63) is 59.7 Å². The molecule has 0 unspecified atom stereocenters. The molecule has 9 nitrogen and oxygen atoms in total.